The topological polar surface area (TPSA) is 73.5 Å². The van der Waals surface area contributed by atoms with Crippen LogP contribution in [0.4, 0.5) is 0 Å². The number of allylic oxidation sites excluding steroid dienone is 3. The summed E-state index contributed by atoms with van der Waals surface area (Å²) in [6.07, 6.45) is 5.49. The van der Waals surface area contributed by atoms with E-state index in [0.29, 0.717) is 52.7 Å². The number of benzene rings is 1. The smallest absolute Gasteiger partial charge is 0.218 e. The SMILES string of the molecule is COc1cccc([C@H]2C(C#N)=C(n3cccc3)OC3=C2C(=O)CCC3)c1OC. The Labute approximate surface area is 163 Å². The molecule has 0 spiro atoms. The molecule has 6 nitrogen and oxygen atoms in total. The van der Waals surface area contributed by atoms with Crippen LogP contribution in [0.3, 0.4) is 0 Å². The number of ketones is 1. The van der Waals surface area contributed by atoms with Crippen LogP contribution < -0.4 is 9.47 Å². The molecule has 0 amide bonds. The third-order valence-corrected chi connectivity index (χ3v) is 5.14. The molecule has 6 heteroatoms. The Hall–Kier alpha value is -3.46. The van der Waals surface area contributed by atoms with Crippen LogP contribution >= 0.6 is 0 Å². The molecule has 0 radical (unpaired) electrons. The molecule has 2 aliphatic rings. The highest BCUT2D eigenvalue weighted by molar-refractivity contribution is 6.00. The molecule has 0 N–H and O–H groups in total. The first-order valence-corrected chi connectivity index (χ1v) is 9.12. The number of carbonyl (C=O) groups is 1. The maximum absolute atomic E-state index is 12.9. The van der Waals surface area contributed by atoms with Crippen LogP contribution in [0.2, 0.25) is 0 Å². The van der Waals surface area contributed by atoms with E-state index in [0.717, 1.165) is 6.42 Å². The monoisotopic (exact) mass is 376 g/mol. The summed E-state index contributed by atoms with van der Waals surface area (Å²) in [6, 6.07) is 11.5. The molecule has 2 heterocycles. The van der Waals surface area contributed by atoms with Gasteiger partial charge in [-0.25, -0.2) is 0 Å². The number of carbonyl (C=O) groups excluding carboxylic acids is 1. The van der Waals surface area contributed by atoms with Crippen LogP contribution in [0.15, 0.2) is 59.6 Å². The van der Waals surface area contributed by atoms with Gasteiger partial charge in [-0.05, 0) is 24.6 Å². The molecule has 4 rings (SSSR count). The minimum Gasteiger partial charge on any atom is -0.493 e. The van der Waals surface area contributed by atoms with E-state index in [1.165, 1.54) is 0 Å². The van der Waals surface area contributed by atoms with Gasteiger partial charge in [-0.3, -0.25) is 9.36 Å². The number of nitrogens with zero attached hydrogens (tertiary/aromatic N) is 2. The zero-order valence-corrected chi connectivity index (χ0v) is 15.8. The summed E-state index contributed by atoms with van der Waals surface area (Å²) in [5, 5.41) is 10.1. The number of nitriles is 1. The zero-order valence-electron chi connectivity index (χ0n) is 15.8. The lowest BCUT2D eigenvalue weighted by molar-refractivity contribution is -0.116. The minimum atomic E-state index is -0.566. The average Bonchev–Trinajstić information content (AvgIpc) is 3.26. The van der Waals surface area contributed by atoms with E-state index < -0.39 is 5.92 Å². The van der Waals surface area contributed by atoms with Gasteiger partial charge in [0.1, 0.15) is 17.4 Å². The molecule has 0 fully saturated rings. The predicted octanol–water partition coefficient (Wildman–Crippen LogP) is 4.02. The normalized spacial score (nSPS) is 19.0. The van der Waals surface area contributed by atoms with Crippen molar-refractivity contribution in [3.8, 4) is 17.6 Å². The van der Waals surface area contributed by atoms with E-state index in [-0.39, 0.29) is 5.78 Å². The number of aromatic nitrogens is 1. The first-order chi connectivity index (χ1) is 13.7. The lowest BCUT2D eigenvalue weighted by Gasteiger charge is -2.33. The first kappa shape index (κ1) is 17.9. The van der Waals surface area contributed by atoms with Crippen LogP contribution in [0.1, 0.15) is 30.7 Å². The molecular weight excluding hydrogens is 356 g/mol. The average molecular weight is 376 g/mol. The van der Waals surface area contributed by atoms with Gasteiger partial charge >= 0.3 is 0 Å². The van der Waals surface area contributed by atoms with Crippen molar-refractivity contribution in [2.24, 2.45) is 0 Å². The number of ether oxygens (including phenoxy) is 3. The van der Waals surface area contributed by atoms with Crippen molar-refractivity contribution in [2.75, 3.05) is 14.2 Å². The summed E-state index contributed by atoms with van der Waals surface area (Å²) in [5.41, 5.74) is 1.64. The molecule has 28 heavy (non-hydrogen) atoms. The second-order valence-electron chi connectivity index (χ2n) is 6.65. The van der Waals surface area contributed by atoms with E-state index in [2.05, 4.69) is 6.07 Å². The van der Waals surface area contributed by atoms with E-state index in [1.54, 1.807) is 24.9 Å². The summed E-state index contributed by atoms with van der Waals surface area (Å²) >= 11 is 0. The maximum atomic E-state index is 12.9. The third kappa shape index (κ3) is 2.76. The molecule has 0 bridgehead atoms. The highest BCUT2D eigenvalue weighted by Gasteiger charge is 2.40. The number of para-hydroxylation sites is 1. The second-order valence-corrected chi connectivity index (χ2v) is 6.65. The molecular formula is C22H20N2O4. The predicted molar refractivity (Wildman–Crippen MR) is 103 cm³/mol. The first-order valence-electron chi connectivity index (χ1n) is 9.12. The van der Waals surface area contributed by atoms with Gasteiger partial charge in [0.2, 0.25) is 5.88 Å². The molecule has 1 aromatic heterocycles. The molecule has 0 saturated heterocycles. The van der Waals surface area contributed by atoms with Gasteiger partial charge in [-0.2, -0.15) is 5.26 Å². The highest BCUT2D eigenvalue weighted by atomic mass is 16.5. The summed E-state index contributed by atoms with van der Waals surface area (Å²) in [4.78, 5) is 12.9. The number of hydrogen-bond acceptors (Lipinski definition) is 5. The van der Waals surface area contributed by atoms with Crippen molar-refractivity contribution in [2.45, 2.75) is 25.2 Å². The molecule has 2 aromatic rings. The van der Waals surface area contributed by atoms with Crippen LogP contribution in [0.5, 0.6) is 11.5 Å². The summed E-state index contributed by atoms with van der Waals surface area (Å²) in [5.74, 6) is 1.57. The van der Waals surface area contributed by atoms with Crippen LogP contribution in [0.25, 0.3) is 5.88 Å². The van der Waals surface area contributed by atoms with Gasteiger partial charge in [0.15, 0.2) is 17.3 Å². The fourth-order valence-electron chi connectivity index (χ4n) is 3.93. The largest absolute Gasteiger partial charge is 0.493 e. The van der Waals surface area contributed by atoms with Crippen molar-refractivity contribution < 1.29 is 19.0 Å². The second kappa shape index (κ2) is 7.28. The van der Waals surface area contributed by atoms with Gasteiger partial charge in [-0.15, -0.1) is 0 Å². The van der Waals surface area contributed by atoms with Crippen LogP contribution in [-0.4, -0.2) is 24.6 Å². The number of hydrogen-bond donors (Lipinski definition) is 0. The van der Waals surface area contributed by atoms with Crippen molar-refractivity contribution in [1.29, 1.82) is 5.26 Å². The Morgan fingerprint density at radius 2 is 1.93 bits per heavy atom. The quantitative estimate of drug-likeness (QED) is 0.806. The van der Waals surface area contributed by atoms with E-state index in [1.807, 2.05) is 36.7 Å². The molecule has 1 atom stereocenters. The van der Waals surface area contributed by atoms with Crippen molar-refractivity contribution in [3.05, 3.63) is 65.2 Å². The summed E-state index contributed by atoms with van der Waals surface area (Å²) in [6.45, 7) is 0. The standard InChI is InChI=1S/C22H20N2O4/c1-26-18-10-5-7-14(21(18)27-2)19-15(13-23)22(24-11-3-4-12-24)28-17-9-6-8-16(25)20(17)19/h3-5,7,10-12,19H,6,8-9H2,1-2H3/t19-/m0/s1. The van der Waals surface area contributed by atoms with Crippen molar-refractivity contribution in [3.63, 3.8) is 0 Å². The fourth-order valence-corrected chi connectivity index (χ4v) is 3.93. The molecule has 0 unspecified atom stereocenters. The molecule has 0 saturated carbocycles. The Morgan fingerprint density at radius 1 is 1.14 bits per heavy atom. The lowest BCUT2D eigenvalue weighted by atomic mass is 9.77. The van der Waals surface area contributed by atoms with Gasteiger partial charge in [-0.1, -0.05) is 12.1 Å². The molecule has 142 valence electrons. The summed E-state index contributed by atoms with van der Waals surface area (Å²) in [7, 11) is 3.12. The van der Waals surface area contributed by atoms with Crippen LogP contribution in [0, 0.1) is 11.3 Å². The fraction of sp³-hybridized carbons (Fsp3) is 0.273. The molecule has 1 aromatic carbocycles. The Morgan fingerprint density at radius 3 is 2.61 bits per heavy atom. The molecule has 1 aliphatic heterocycles. The Bertz CT molecular complexity index is 1030. The maximum Gasteiger partial charge on any atom is 0.218 e. The van der Waals surface area contributed by atoms with Gasteiger partial charge in [0, 0.05) is 36.4 Å². The zero-order chi connectivity index (χ0) is 19.7. The lowest BCUT2D eigenvalue weighted by Crippen LogP contribution is -2.26. The number of rotatable bonds is 4. The van der Waals surface area contributed by atoms with E-state index in [9.17, 15) is 10.1 Å². The van der Waals surface area contributed by atoms with E-state index in [4.69, 9.17) is 14.2 Å². The third-order valence-electron chi connectivity index (χ3n) is 5.14. The number of methoxy groups -OCH3 is 2. The van der Waals surface area contributed by atoms with Gasteiger partial charge in [0.05, 0.1) is 20.1 Å². The Balaban J connectivity index is 2.00. The van der Waals surface area contributed by atoms with Gasteiger partial charge in [0.25, 0.3) is 0 Å². The van der Waals surface area contributed by atoms with Crippen molar-refractivity contribution >= 4 is 11.7 Å². The minimum absolute atomic E-state index is 0.00966. The summed E-state index contributed by atoms with van der Waals surface area (Å²) < 4.78 is 18.9. The Kier molecular flexibility index (Phi) is 4.66. The van der Waals surface area contributed by atoms with Crippen molar-refractivity contribution in [1.82, 2.24) is 4.57 Å². The van der Waals surface area contributed by atoms with E-state index >= 15 is 0 Å². The van der Waals surface area contributed by atoms with Crippen LogP contribution in [-0.2, 0) is 9.53 Å². The molecule has 1 aliphatic carbocycles. The highest BCUT2D eigenvalue weighted by Crippen LogP contribution is 2.49. The van der Waals surface area contributed by atoms with Gasteiger partial charge < -0.3 is 14.2 Å². The number of Topliss-reactive ketones (excluding diaryl/α,β-unsaturated/α-hetero) is 1.